The van der Waals surface area contributed by atoms with Crippen LogP contribution in [0.2, 0.25) is 0 Å². The number of benzene rings is 2. The van der Waals surface area contributed by atoms with E-state index >= 15 is 0 Å². The van der Waals surface area contributed by atoms with Crippen LogP contribution in [0.4, 0.5) is 5.69 Å². The lowest BCUT2D eigenvalue weighted by Gasteiger charge is -2.13. The molecule has 5 aromatic rings. The number of furan rings is 1. The summed E-state index contributed by atoms with van der Waals surface area (Å²) in [5.74, 6) is 1.02. The summed E-state index contributed by atoms with van der Waals surface area (Å²) in [6, 6.07) is 20.0. The molecule has 3 aromatic heterocycles. The highest BCUT2D eigenvalue weighted by atomic mass is 16.5. The van der Waals surface area contributed by atoms with E-state index in [1.807, 2.05) is 37.3 Å². The van der Waals surface area contributed by atoms with Gasteiger partial charge in [-0.15, -0.1) is 5.10 Å². The molecule has 0 atom stereocenters. The Bertz CT molecular complexity index is 1460. The summed E-state index contributed by atoms with van der Waals surface area (Å²) in [7, 11) is 0. The average molecular weight is 465 g/mol. The summed E-state index contributed by atoms with van der Waals surface area (Å²) in [6.07, 6.45) is 6.30. The zero-order valence-electron chi connectivity index (χ0n) is 18.6. The van der Waals surface area contributed by atoms with Gasteiger partial charge in [-0.2, -0.15) is 4.68 Å². The number of hydrogen-bond donors (Lipinski definition) is 1. The van der Waals surface area contributed by atoms with Crippen molar-refractivity contribution in [3.05, 3.63) is 96.7 Å². The Labute approximate surface area is 199 Å². The number of carbonyl (C=O) groups is 1. The van der Waals surface area contributed by atoms with Crippen molar-refractivity contribution in [2.24, 2.45) is 0 Å². The number of ether oxygens (including phenoxy) is 1. The normalized spacial score (nSPS) is 11.3. The molecular formula is C25H19N7O3. The first kappa shape index (κ1) is 21.7. The van der Waals surface area contributed by atoms with E-state index in [0.29, 0.717) is 23.0 Å². The van der Waals surface area contributed by atoms with Crippen LogP contribution < -0.4 is 10.1 Å². The molecule has 0 radical (unpaired) electrons. The predicted molar refractivity (Wildman–Crippen MR) is 128 cm³/mol. The fourth-order valence-corrected chi connectivity index (χ4v) is 3.32. The fraction of sp³-hybridized carbons (Fsp3) is 0.0400. The van der Waals surface area contributed by atoms with Crippen LogP contribution in [0.3, 0.4) is 0 Å². The second-order valence-corrected chi connectivity index (χ2v) is 7.39. The van der Waals surface area contributed by atoms with Crippen molar-refractivity contribution in [2.75, 3.05) is 5.32 Å². The van der Waals surface area contributed by atoms with E-state index in [9.17, 15) is 4.79 Å². The number of hydrogen-bond acceptors (Lipinski definition) is 8. The van der Waals surface area contributed by atoms with Gasteiger partial charge in [-0.05, 0) is 59.3 Å². The van der Waals surface area contributed by atoms with Gasteiger partial charge in [0.25, 0.3) is 5.91 Å². The van der Waals surface area contributed by atoms with Gasteiger partial charge in [-0.1, -0.05) is 30.3 Å². The van der Waals surface area contributed by atoms with Crippen molar-refractivity contribution in [3.8, 4) is 23.1 Å². The molecule has 2 aromatic carbocycles. The highest BCUT2D eigenvalue weighted by molar-refractivity contribution is 6.24. The topological polar surface area (TPSA) is 121 Å². The Morgan fingerprint density at radius 3 is 2.60 bits per heavy atom. The number of carbonyl (C=O) groups excluding carboxylic acids is 1. The number of tetrazole rings is 1. The van der Waals surface area contributed by atoms with Crippen LogP contribution >= 0.6 is 0 Å². The third-order valence-corrected chi connectivity index (χ3v) is 4.98. The Morgan fingerprint density at radius 2 is 1.86 bits per heavy atom. The highest BCUT2D eigenvalue weighted by Gasteiger charge is 2.20. The molecule has 0 bridgehead atoms. The van der Waals surface area contributed by atoms with E-state index in [2.05, 4.69) is 30.8 Å². The molecule has 0 aliphatic carbocycles. The van der Waals surface area contributed by atoms with Crippen LogP contribution in [0.15, 0.2) is 89.8 Å². The van der Waals surface area contributed by atoms with Gasteiger partial charge in [0.15, 0.2) is 5.82 Å². The lowest BCUT2D eigenvalue weighted by atomic mass is 10.1. The van der Waals surface area contributed by atoms with Crippen LogP contribution in [0.5, 0.6) is 11.8 Å². The molecule has 10 nitrogen and oxygen atoms in total. The van der Waals surface area contributed by atoms with E-state index in [1.54, 1.807) is 54.9 Å². The van der Waals surface area contributed by atoms with Gasteiger partial charge in [0, 0.05) is 29.7 Å². The van der Waals surface area contributed by atoms with Crippen molar-refractivity contribution in [2.45, 2.75) is 6.92 Å². The standard InChI is InChI=1S/C25H19N7O3/c1-17-15-20(35-25-26-12-6-13-27-25)10-11-21(17)28-24(33)22(16-19-9-5-14-34-19)32-23(29-30-31-32)18-7-3-2-4-8-18/h2-16H,1H3,(H,28,33). The zero-order chi connectivity index (χ0) is 24.0. The van der Waals surface area contributed by atoms with E-state index in [-0.39, 0.29) is 11.7 Å². The fourth-order valence-electron chi connectivity index (χ4n) is 3.32. The summed E-state index contributed by atoms with van der Waals surface area (Å²) in [6.45, 7) is 1.86. The Balaban J connectivity index is 1.44. The molecule has 0 saturated carbocycles. The summed E-state index contributed by atoms with van der Waals surface area (Å²) in [4.78, 5) is 21.6. The summed E-state index contributed by atoms with van der Waals surface area (Å²) < 4.78 is 12.5. The van der Waals surface area contributed by atoms with Gasteiger partial charge in [-0.3, -0.25) is 4.79 Å². The third kappa shape index (κ3) is 4.96. The number of amides is 1. The van der Waals surface area contributed by atoms with Crippen LogP contribution in [0, 0.1) is 6.92 Å². The van der Waals surface area contributed by atoms with Gasteiger partial charge < -0.3 is 14.5 Å². The number of rotatable bonds is 7. The Kier molecular flexibility index (Phi) is 6.07. The molecule has 3 heterocycles. The van der Waals surface area contributed by atoms with E-state index < -0.39 is 5.91 Å². The zero-order valence-corrected chi connectivity index (χ0v) is 18.6. The maximum Gasteiger partial charge on any atom is 0.321 e. The lowest BCUT2D eigenvalue weighted by molar-refractivity contribution is -0.111. The van der Waals surface area contributed by atoms with Crippen LogP contribution in [0.1, 0.15) is 11.3 Å². The van der Waals surface area contributed by atoms with Gasteiger partial charge in [0.05, 0.1) is 6.26 Å². The molecule has 0 aliphatic heterocycles. The Morgan fingerprint density at radius 1 is 1.03 bits per heavy atom. The molecule has 172 valence electrons. The molecule has 10 heteroatoms. The van der Waals surface area contributed by atoms with E-state index in [0.717, 1.165) is 11.1 Å². The summed E-state index contributed by atoms with van der Waals surface area (Å²) >= 11 is 0. The quantitative estimate of drug-likeness (QED) is 0.350. The van der Waals surface area contributed by atoms with Gasteiger partial charge in [-0.25, -0.2) is 9.97 Å². The highest BCUT2D eigenvalue weighted by Crippen LogP contribution is 2.26. The molecular weight excluding hydrogens is 446 g/mol. The molecule has 35 heavy (non-hydrogen) atoms. The molecule has 0 spiro atoms. The minimum Gasteiger partial charge on any atom is -0.465 e. The maximum atomic E-state index is 13.5. The maximum absolute atomic E-state index is 13.5. The SMILES string of the molecule is Cc1cc(Oc2ncccn2)ccc1NC(=O)C(=Cc1ccco1)n1nnnc1-c1ccccc1. The number of aryl methyl sites for hydroxylation is 1. The van der Waals surface area contributed by atoms with Crippen LogP contribution in [-0.2, 0) is 4.79 Å². The number of aromatic nitrogens is 6. The van der Waals surface area contributed by atoms with Crippen molar-refractivity contribution in [1.29, 1.82) is 0 Å². The van der Waals surface area contributed by atoms with Crippen molar-refractivity contribution in [1.82, 2.24) is 30.2 Å². The predicted octanol–water partition coefficient (Wildman–Crippen LogP) is 4.46. The monoisotopic (exact) mass is 465 g/mol. The Hall–Kier alpha value is -5.12. The van der Waals surface area contributed by atoms with Crippen LogP contribution in [-0.4, -0.2) is 36.1 Å². The molecule has 0 unspecified atom stereocenters. The average Bonchev–Trinajstić information content (AvgIpc) is 3.58. The first-order valence-corrected chi connectivity index (χ1v) is 10.6. The summed E-state index contributed by atoms with van der Waals surface area (Å²) in [5, 5.41) is 14.9. The summed E-state index contributed by atoms with van der Waals surface area (Å²) in [5.41, 5.74) is 2.32. The van der Waals surface area contributed by atoms with Crippen LogP contribution in [0.25, 0.3) is 23.2 Å². The first-order chi connectivity index (χ1) is 17.2. The first-order valence-electron chi connectivity index (χ1n) is 10.6. The third-order valence-electron chi connectivity index (χ3n) is 4.98. The minimum absolute atomic E-state index is 0.182. The minimum atomic E-state index is -0.422. The molecule has 5 rings (SSSR count). The second kappa shape index (κ2) is 9.79. The number of nitrogens with zero attached hydrogens (tertiary/aromatic N) is 6. The van der Waals surface area contributed by atoms with Gasteiger partial charge in [0.2, 0.25) is 0 Å². The van der Waals surface area contributed by atoms with Crippen molar-refractivity contribution >= 4 is 23.4 Å². The molecule has 1 N–H and O–H groups in total. The smallest absolute Gasteiger partial charge is 0.321 e. The number of nitrogens with one attached hydrogen (secondary N) is 1. The van der Waals surface area contributed by atoms with E-state index in [4.69, 9.17) is 9.15 Å². The second-order valence-electron chi connectivity index (χ2n) is 7.39. The van der Waals surface area contributed by atoms with Gasteiger partial charge in [0.1, 0.15) is 17.2 Å². The molecule has 1 amide bonds. The largest absolute Gasteiger partial charge is 0.465 e. The molecule has 0 aliphatic rings. The molecule has 0 fully saturated rings. The number of anilines is 1. The van der Waals surface area contributed by atoms with Gasteiger partial charge >= 0.3 is 6.01 Å². The van der Waals surface area contributed by atoms with Crippen molar-refractivity contribution in [3.63, 3.8) is 0 Å². The molecule has 0 saturated heterocycles. The van der Waals surface area contributed by atoms with Crippen molar-refractivity contribution < 1.29 is 13.9 Å². The van der Waals surface area contributed by atoms with E-state index in [1.165, 1.54) is 10.9 Å². The lowest BCUT2D eigenvalue weighted by Crippen LogP contribution is -2.20.